The second-order valence-electron chi connectivity index (χ2n) is 6.20. The zero-order valence-corrected chi connectivity index (χ0v) is 14.1. The van der Waals surface area contributed by atoms with Crippen molar-refractivity contribution in [3.63, 3.8) is 0 Å². The number of phenols is 1. The van der Waals surface area contributed by atoms with E-state index in [1.165, 1.54) is 5.56 Å². The number of methoxy groups -OCH3 is 1. The van der Waals surface area contributed by atoms with E-state index in [0.29, 0.717) is 11.6 Å². The fraction of sp³-hybridized carbons (Fsp3) is 0.350. The first-order chi connectivity index (χ1) is 11.7. The van der Waals surface area contributed by atoms with E-state index < -0.39 is 0 Å². The van der Waals surface area contributed by atoms with Crippen molar-refractivity contribution in [3.05, 3.63) is 59.7 Å². The lowest BCUT2D eigenvalue weighted by Gasteiger charge is -2.30. The molecule has 0 amide bonds. The molecule has 126 valence electrons. The van der Waals surface area contributed by atoms with E-state index in [2.05, 4.69) is 40.2 Å². The van der Waals surface area contributed by atoms with Crippen LogP contribution in [0.15, 0.2) is 53.5 Å². The van der Waals surface area contributed by atoms with E-state index in [4.69, 9.17) is 4.74 Å². The number of hydrogen-bond donors (Lipinski definition) is 1. The van der Waals surface area contributed by atoms with Crippen LogP contribution in [0.4, 0.5) is 0 Å². The topological polar surface area (TPSA) is 45.1 Å². The highest BCUT2D eigenvalue weighted by atomic mass is 16.5. The Hall–Kier alpha value is -2.33. The molecule has 0 atom stereocenters. The van der Waals surface area contributed by atoms with Crippen molar-refractivity contribution in [2.45, 2.75) is 25.4 Å². The molecule has 2 aromatic rings. The number of aliphatic imine (C=N–C) groups is 1. The molecule has 1 fully saturated rings. The highest BCUT2D eigenvalue weighted by molar-refractivity contribution is 5.84. The van der Waals surface area contributed by atoms with Crippen LogP contribution in [0, 0.1) is 0 Å². The third-order valence-corrected chi connectivity index (χ3v) is 4.47. The van der Waals surface area contributed by atoms with Crippen LogP contribution in [0.3, 0.4) is 0 Å². The third-order valence-electron chi connectivity index (χ3n) is 4.47. The number of hydrogen-bond acceptors (Lipinski definition) is 4. The van der Waals surface area contributed by atoms with E-state index in [0.717, 1.165) is 38.2 Å². The predicted molar refractivity (Wildman–Crippen MR) is 97.0 cm³/mol. The van der Waals surface area contributed by atoms with Crippen LogP contribution in [-0.4, -0.2) is 42.5 Å². The molecule has 0 unspecified atom stereocenters. The summed E-state index contributed by atoms with van der Waals surface area (Å²) in [5, 5.41) is 9.91. The molecule has 1 aliphatic rings. The summed E-state index contributed by atoms with van der Waals surface area (Å²) in [4.78, 5) is 7.14. The van der Waals surface area contributed by atoms with E-state index in [-0.39, 0.29) is 5.75 Å². The molecule has 0 bridgehead atoms. The fourth-order valence-corrected chi connectivity index (χ4v) is 3.02. The summed E-state index contributed by atoms with van der Waals surface area (Å²) in [5.41, 5.74) is 2.07. The van der Waals surface area contributed by atoms with Crippen molar-refractivity contribution in [1.82, 2.24) is 4.90 Å². The van der Waals surface area contributed by atoms with Gasteiger partial charge in [0.2, 0.25) is 0 Å². The summed E-state index contributed by atoms with van der Waals surface area (Å²) in [7, 11) is 1.62. The van der Waals surface area contributed by atoms with Gasteiger partial charge in [-0.3, -0.25) is 9.89 Å². The van der Waals surface area contributed by atoms with Gasteiger partial charge in [0.1, 0.15) is 11.5 Å². The molecule has 4 nitrogen and oxygen atoms in total. The summed E-state index contributed by atoms with van der Waals surface area (Å²) in [6.07, 6.45) is 3.87. The van der Waals surface area contributed by atoms with Crippen molar-refractivity contribution in [2.24, 2.45) is 4.99 Å². The molecule has 1 N–H and O–H groups in total. The minimum atomic E-state index is 0.237. The SMILES string of the molecule is COc1ccc(O)c(C=NC2CCN(Cc3ccccc3)CC2)c1. The van der Waals surface area contributed by atoms with Gasteiger partial charge in [-0.2, -0.15) is 0 Å². The summed E-state index contributed by atoms with van der Waals surface area (Å²) >= 11 is 0. The smallest absolute Gasteiger partial charge is 0.124 e. The number of piperidine rings is 1. The van der Waals surface area contributed by atoms with E-state index in [1.807, 2.05) is 6.07 Å². The van der Waals surface area contributed by atoms with Crippen LogP contribution in [0.1, 0.15) is 24.0 Å². The van der Waals surface area contributed by atoms with Gasteiger partial charge in [-0.15, -0.1) is 0 Å². The predicted octanol–water partition coefficient (Wildman–Crippen LogP) is 3.48. The van der Waals surface area contributed by atoms with E-state index >= 15 is 0 Å². The fourth-order valence-electron chi connectivity index (χ4n) is 3.02. The van der Waals surface area contributed by atoms with Gasteiger partial charge in [-0.1, -0.05) is 30.3 Å². The van der Waals surface area contributed by atoms with Crippen molar-refractivity contribution < 1.29 is 9.84 Å². The van der Waals surface area contributed by atoms with Crippen molar-refractivity contribution in [1.29, 1.82) is 0 Å². The lowest BCUT2D eigenvalue weighted by atomic mass is 10.0. The molecule has 24 heavy (non-hydrogen) atoms. The number of ether oxygens (including phenoxy) is 1. The number of aromatic hydroxyl groups is 1. The molecule has 4 heteroatoms. The minimum absolute atomic E-state index is 0.237. The first-order valence-corrected chi connectivity index (χ1v) is 8.41. The van der Waals surface area contributed by atoms with Crippen molar-refractivity contribution >= 4 is 6.21 Å². The van der Waals surface area contributed by atoms with Gasteiger partial charge in [-0.25, -0.2) is 0 Å². The Bertz CT molecular complexity index is 677. The van der Waals surface area contributed by atoms with E-state index in [9.17, 15) is 5.11 Å². The lowest BCUT2D eigenvalue weighted by Crippen LogP contribution is -2.34. The van der Waals surface area contributed by atoms with Crippen molar-refractivity contribution in [3.8, 4) is 11.5 Å². The van der Waals surface area contributed by atoms with Crippen LogP contribution in [0.5, 0.6) is 11.5 Å². The highest BCUT2D eigenvalue weighted by Gasteiger charge is 2.18. The molecule has 0 saturated carbocycles. The molecule has 2 aromatic carbocycles. The zero-order valence-electron chi connectivity index (χ0n) is 14.1. The van der Waals surface area contributed by atoms with Gasteiger partial charge < -0.3 is 9.84 Å². The Balaban J connectivity index is 1.53. The number of rotatable bonds is 5. The standard InChI is InChI=1S/C20H24N2O2/c1-24-19-7-8-20(23)17(13-19)14-21-18-9-11-22(12-10-18)15-16-5-3-2-4-6-16/h2-8,13-14,18,23H,9-12,15H2,1H3. The van der Waals surface area contributed by atoms with Crippen LogP contribution >= 0.6 is 0 Å². The molecule has 0 radical (unpaired) electrons. The molecular weight excluding hydrogens is 300 g/mol. The Labute approximate surface area is 143 Å². The molecule has 3 rings (SSSR count). The summed E-state index contributed by atoms with van der Waals surface area (Å²) in [6.45, 7) is 3.12. The summed E-state index contributed by atoms with van der Waals surface area (Å²) in [6, 6.07) is 16.1. The zero-order chi connectivity index (χ0) is 16.8. The normalized spacial score (nSPS) is 16.5. The Morgan fingerprint density at radius 3 is 2.62 bits per heavy atom. The van der Waals surface area contributed by atoms with Gasteiger partial charge in [-0.05, 0) is 36.6 Å². The van der Waals surface area contributed by atoms with Gasteiger partial charge >= 0.3 is 0 Å². The number of benzene rings is 2. The minimum Gasteiger partial charge on any atom is -0.507 e. The van der Waals surface area contributed by atoms with Crippen LogP contribution in [0.25, 0.3) is 0 Å². The molecule has 0 aromatic heterocycles. The molecule has 1 saturated heterocycles. The average molecular weight is 324 g/mol. The second-order valence-corrected chi connectivity index (χ2v) is 6.20. The average Bonchev–Trinajstić information content (AvgIpc) is 2.63. The Morgan fingerprint density at radius 2 is 1.92 bits per heavy atom. The van der Waals surface area contributed by atoms with Crippen LogP contribution in [-0.2, 0) is 6.54 Å². The molecule has 0 aliphatic carbocycles. The third kappa shape index (κ3) is 4.36. The highest BCUT2D eigenvalue weighted by Crippen LogP contribution is 2.22. The summed E-state index contributed by atoms with van der Waals surface area (Å²) < 4.78 is 5.19. The monoisotopic (exact) mass is 324 g/mol. The quantitative estimate of drug-likeness (QED) is 0.856. The Morgan fingerprint density at radius 1 is 1.17 bits per heavy atom. The van der Waals surface area contributed by atoms with Crippen LogP contribution in [0.2, 0.25) is 0 Å². The number of nitrogens with zero attached hydrogens (tertiary/aromatic N) is 2. The largest absolute Gasteiger partial charge is 0.507 e. The Kier molecular flexibility index (Phi) is 5.49. The van der Waals surface area contributed by atoms with E-state index in [1.54, 1.807) is 25.5 Å². The van der Waals surface area contributed by atoms with Gasteiger partial charge in [0.25, 0.3) is 0 Å². The first kappa shape index (κ1) is 16.5. The second kappa shape index (κ2) is 7.97. The number of phenolic OH excluding ortho intramolecular Hbond substituents is 1. The number of likely N-dealkylation sites (tertiary alicyclic amines) is 1. The van der Waals surface area contributed by atoms with Gasteiger partial charge in [0, 0.05) is 31.4 Å². The first-order valence-electron chi connectivity index (χ1n) is 8.41. The molecule has 1 aliphatic heterocycles. The molecule has 0 spiro atoms. The van der Waals surface area contributed by atoms with Crippen molar-refractivity contribution in [2.75, 3.05) is 20.2 Å². The maximum atomic E-state index is 9.91. The maximum Gasteiger partial charge on any atom is 0.124 e. The summed E-state index contributed by atoms with van der Waals surface area (Å²) in [5.74, 6) is 0.966. The van der Waals surface area contributed by atoms with Crippen LogP contribution < -0.4 is 4.74 Å². The lowest BCUT2D eigenvalue weighted by molar-refractivity contribution is 0.206. The van der Waals surface area contributed by atoms with Gasteiger partial charge in [0.15, 0.2) is 0 Å². The molecule has 1 heterocycles. The van der Waals surface area contributed by atoms with Gasteiger partial charge in [0.05, 0.1) is 13.2 Å². The molecular formula is C20H24N2O2. The maximum absolute atomic E-state index is 9.91.